The molecule has 0 saturated carbocycles. The molecule has 9 rings (SSSR count). The van der Waals surface area contributed by atoms with E-state index in [1.165, 1.54) is 0 Å². The van der Waals surface area contributed by atoms with Crippen LogP contribution in [0.15, 0.2) is 181 Å². The number of aryl methyl sites for hydroxylation is 1. The minimum Gasteiger partial charge on any atom is -0.405 e. The molecular weight excluding hydrogens is 647 g/mol. The van der Waals surface area contributed by atoms with E-state index in [0.717, 1.165) is 89.2 Å². The van der Waals surface area contributed by atoms with Gasteiger partial charge in [0.25, 0.3) is 0 Å². The molecular formula is C48H37N5. The molecule has 0 saturated heterocycles. The quantitative estimate of drug-likeness (QED) is 0.176. The second-order valence-corrected chi connectivity index (χ2v) is 13.3. The maximum atomic E-state index is 5.93. The summed E-state index contributed by atoms with van der Waals surface area (Å²) in [5.41, 5.74) is 19.9. The standard InChI is InChI=1S/C48H37N5/c1-32-40(29-30-49)41-19-11-12-20-42(41)46-45(32)52-48(38-17-9-4-10-18-38)53(46)39-27-25-34(26-28-39)33-21-23-36(24-22-33)44-31-43(35-13-5-2-6-14-35)50-47(51-44)37-15-7-3-8-16-37/h2-31,47,51H,49H2,1H3/b30-29-. The Hall–Kier alpha value is -6.98. The van der Waals surface area contributed by atoms with E-state index in [1.54, 1.807) is 6.20 Å². The highest BCUT2D eigenvalue weighted by atomic mass is 15.1. The number of aromatic nitrogens is 2. The number of rotatable bonds is 7. The van der Waals surface area contributed by atoms with E-state index in [1.807, 2.05) is 24.3 Å². The zero-order chi connectivity index (χ0) is 35.7. The first-order valence-electron chi connectivity index (χ1n) is 17.9. The number of nitrogens with zero attached hydrogens (tertiary/aromatic N) is 3. The van der Waals surface area contributed by atoms with Crippen molar-refractivity contribution in [2.24, 2.45) is 10.7 Å². The molecule has 5 heteroatoms. The second kappa shape index (κ2) is 13.6. The molecule has 0 amide bonds. The van der Waals surface area contributed by atoms with Crippen LogP contribution in [-0.2, 0) is 0 Å². The maximum absolute atomic E-state index is 5.93. The van der Waals surface area contributed by atoms with E-state index in [-0.39, 0.29) is 6.17 Å². The first kappa shape index (κ1) is 32.0. The van der Waals surface area contributed by atoms with Crippen LogP contribution in [-0.4, -0.2) is 15.3 Å². The highest BCUT2D eigenvalue weighted by Gasteiger charge is 2.22. The number of fused-ring (bicyclic) bond motifs is 3. The summed E-state index contributed by atoms with van der Waals surface area (Å²) in [4.78, 5) is 10.4. The molecule has 8 aromatic rings. The zero-order valence-corrected chi connectivity index (χ0v) is 29.3. The Balaban J connectivity index is 1.09. The van der Waals surface area contributed by atoms with Gasteiger partial charge in [-0.1, -0.05) is 152 Å². The van der Waals surface area contributed by atoms with Crippen molar-refractivity contribution < 1.29 is 0 Å². The molecule has 254 valence electrons. The van der Waals surface area contributed by atoms with Crippen LogP contribution in [0.4, 0.5) is 0 Å². The lowest BCUT2D eigenvalue weighted by Crippen LogP contribution is -2.24. The van der Waals surface area contributed by atoms with Gasteiger partial charge in [0, 0.05) is 22.3 Å². The Morgan fingerprint density at radius 2 is 1.17 bits per heavy atom. The SMILES string of the molecule is Cc1c(/C=C\N)c2ccccc2c2c1nc(-c1ccccc1)n2-c1ccc(-c2ccc(C3=CC(c4ccccc4)=NC(c4ccccc4)N3)cc2)cc1. The number of nitrogens with two attached hydrogens (primary N) is 1. The van der Waals surface area contributed by atoms with Gasteiger partial charge >= 0.3 is 0 Å². The summed E-state index contributed by atoms with van der Waals surface area (Å²) >= 11 is 0. The molecule has 0 radical (unpaired) electrons. The van der Waals surface area contributed by atoms with E-state index in [4.69, 9.17) is 15.7 Å². The van der Waals surface area contributed by atoms with Crippen molar-refractivity contribution in [3.8, 4) is 28.2 Å². The van der Waals surface area contributed by atoms with Gasteiger partial charge in [-0.2, -0.15) is 0 Å². The topological polar surface area (TPSA) is 68.2 Å². The zero-order valence-electron chi connectivity index (χ0n) is 29.3. The number of allylic oxidation sites excluding steroid dienone is 1. The predicted molar refractivity (Wildman–Crippen MR) is 221 cm³/mol. The third-order valence-electron chi connectivity index (χ3n) is 10.1. The Bertz CT molecular complexity index is 2670. The molecule has 1 unspecified atom stereocenters. The van der Waals surface area contributed by atoms with E-state index >= 15 is 0 Å². The Labute approximate surface area is 309 Å². The highest BCUT2D eigenvalue weighted by Crippen LogP contribution is 2.38. The normalized spacial score (nSPS) is 14.3. The third-order valence-corrected chi connectivity index (χ3v) is 10.1. The monoisotopic (exact) mass is 683 g/mol. The van der Waals surface area contributed by atoms with Crippen LogP contribution >= 0.6 is 0 Å². The summed E-state index contributed by atoms with van der Waals surface area (Å²) in [6.07, 6.45) is 5.57. The summed E-state index contributed by atoms with van der Waals surface area (Å²) in [6.45, 7) is 2.14. The summed E-state index contributed by atoms with van der Waals surface area (Å²) in [5, 5.41) is 5.97. The molecule has 5 nitrogen and oxygen atoms in total. The average molecular weight is 684 g/mol. The van der Waals surface area contributed by atoms with E-state index < -0.39 is 0 Å². The number of aliphatic imine (C=N–C) groups is 1. The lowest BCUT2D eigenvalue weighted by molar-refractivity contribution is 0.664. The van der Waals surface area contributed by atoms with Crippen LogP contribution < -0.4 is 11.1 Å². The third kappa shape index (κ3) is 5.88. The van der Waals surface area contributed by atoms with Crippen molar-refractivity contribution >= 4 is 39.3 Å². The molecule has 0 spiro atoms. The van der Waals surface area contributed by atoms with Crippen molar-refractivity contribution in [3.63, 3.8) is 0 Å². The number of imidazole rings is 1. The lowest BCUT2D eigenvalue weighted by Gasteiger charge is -2.25. The van der Waals surface area contributed by atoms with Gasteiger partial charge in [0.1, 0.15) is 12.0 Å². The van der Waals surface area contributed by atoms with Crippen LogP contribution in [0.3, 0.4) is 0 Å². The molecule has 1 aliphatic rings. The van der Waals surface area contributed by atoms with Gasteiger partial charge in [0.15, 0.2) is 0 Å². The minimum atomic E-state index is -0.178. The molecule has 3 N–H and O–H groups in total. The molecule has 1 aromatic heterocycles. The number of hydrogen-bond donors (Lipinski definition) is 2. The summed E-state index contributed by atoms with van der Waals surface area (Å²) in [6, 6.07) is 57.3. The summed E-state index contributed by atoms with van der Waals surface area (Å²) < 4.78 is 2.30. The Morgan fingerprint density at radius 3 is 1.83 bits per heavy atom. The molecule has 0 fully saturated rings. The fourth-order valence-electron chi connectivity index (χ4n) is 7.43. The van der Waals surface area contributed by atoms with Crippen LogP contribution in [0.1, 0.15) is 34.0 Å². The van der Waals surface area contributed by atoms with Gasteiger partial charge in [-0.05, 0) is 81.7 Å². The molecule has 0 aliphatic carbocycles. The first-order chi connectivity index (χ1) is 26.2. The molecule has 1 aliphatic heterocycles. The van der Waals surface area contributed by atoms with E-state index in [0.29, 0.717) is 0 Å². The summed E-state index contributed by atoms with van der Waals surface area (Å²) in [7, 11) is 0. The molecule has 2 heterocycles. The molecule has 53 heavy (non-hydrogen) atoms. The number of hydrogen-bond acceptors (Lipinski definition) is 4. The van der Waals surface area contributed by atoms with Crippen molar-refractivity contribution in [1.29, 1.82) is 0 Å². The number of benzene rings is 7. The first-order valence-corrected chi connectivity index (χ1v) is 17.9. The van der Waals surface area contributed by atoms with Gasteiger partial charge in [-0.15, -0.1) is 0 Å². The van der Waals surface area contributed by atoms with Crippen molar-refractivity contribution in [1.82, 2.24) is 14.9 Å². The summed E-state index contributed by atoms with van der Waals surface area (Å²) in [5.74, 6) is 0.903. The molecule has 0 bridgehead atoms. The van der Waals surface area contributed by atoms with Crippen LogP contribution in [0.2, 0.25) is 0 Å². The van der Waals surface area contributed by atoms with Gasteiger partial charge in [-0.25, -0.2) is 4.98 Å². The molecule has 1 atom stereocenters. The van der Waals surface area contributed by atoms with Crippen LogP contribution in [0.5, 0.6) is 0 Å². The number of nitrogens with one attached hydrogen (secondary N) is 1. The van der Waals surface area contributed by atoms with E-state index in [9.17, 15) is 0 Å². The van der Waals surface area contributed by atoms with Gasteiger partial charge in [0.2, 0.25) is 0 Å². The Kier molecular flexibility index (Phi) is 8.22. The van der Waals surface area contributed by atoms with Crippen LogP contribution in [0.25, 0.3) is 61.8 Å². The van der Waals surface area contributed by atoms with Crippen LogP contribution in [0, 0.1) is 6.92 Å². The van der Waals surface area contributed by atoms with Gasteiger partial charge < -0.3 is 11.1 Å². The fraction of sp³-hybridized carbons (Fsp3) is 0.0417. The highest BCUT2D eigenvalue weighted by molar-refractivity contribution is 6.13. The fourth-order valence-corrected chi connectivity index (χ4v) is 7.43. The smallest absolute Gasteiger partial charge is 0.145 e. The average Bonchev–Trinajstić information content (AvgIpc) is 3.65. The molecule has 7 aromatic carbocycles. The maximum Gasteiger partial charge on any atom is 0.145 e. The van der Waals surface area contributed by atoms with Crippen molar-refractivity contribution in [2.45, 2.75) is 13.1 Å². The van der Waals surface area contributed by atoms with E-state index in [2.05, 4.69) is 168 Å². The predicted octanol–water partition coefficient (Wildman–Crippen LogP) is 10.9. The second-order valence-electron chi connectivity index (χ2n) is 13.3. The lowest BCUT2D eigenvalue weighted by atomic mass is 9.97. The largest absolute Gasteiger partial charge is 0.405 e. The Morgan fingerprint density at radius 1 is 0.604 bits per heavy atom. The minimum absolute atomic E-state index is 0.178. The van der Waals surface area contributed by atoms with Gasteiger partial charge in [-0.3, -0.25) is 9.56 Å². The van der Waals surface area contributed by atoms with Gasteiger partial charge in [0.05, 0.1) is 16.7 Å². The van der Waals surface area contributed by atoms with Crippen molar-refractivity contribution in [2.75, 3.05) is 0 Å². The van der Waals surface area contributed by atoms with Crippen molar-refractivity contribution in [3.05, 3.63) is 204 Å².